The number of amides is 2. The molecule has 2 fully saturated rings. The molecule has 2 saturated heterocycles. The zero-order chi connectivity index (χ0) is 19.6. The van der Waals surface area contributed by atoms with E-state index in [0.29, 0.717) is 28.0 Å². The van der Waals surface area contributed by atoms with Crippen LogP contribution in [0, 0.1) is 0 Å². The van der Waals surface area contributed by atoms with Crippen LogP contribution in [0.1, 0.15) is 25.5 Å². The van der Waals surface area contributed by atoms with Crippen molar-refractivity contribution in [2.24, 2.45) is 0 Å². The number of sulfone groups is 1. The fourth-order valence-electron chi connectivity index (χ4n) is 3.21. The van der Waals surface area contributed by atoms with E-state index in [1.54, 1.807) is 23.1 Å². The molecule has 27 heavy (non-hydrogen) atoms. The smallest absolute Gasteiger partial charge is 0.266 e. The van der Waals surface area contributed by atoms with Gasteiger partial charge in [0.1, 0.15) is 10.1 Å². The lowest BCUT2D eigenvalue weighted by Gasteiger charge is -2.27. The number of hydrogen-bond donors (Lipinski definition) is 0. The maximum absolute atomic E-state index is 12.6. The molecule has 7 nitrogen and oxygen atoms in total. The van der Waals surface area contributed by atoms with Gasteiger partial charge in [-0.15, -0.1) is 0 Å². The van der Waals surface area contributed by atoms with Crippen molar-refractivity contribution in [1.29, 1.82) is 0 Å². The predicted molar refractivity (Wildman–Crippen MR) is 108 cm³/mol. The maximum atomic E-state index is 12.6. The van der Waals surface area contributed by atoms with Gasteiger partial charge in [0.15, 0.2) is 9.84 Å². The highest BCUT2D eigenvalue weighted by Gasteiger charge is 2.36. The SMILES string of the molecule is CCN(C(=O)CCN1C(=O)/C(=C/c2ccco2)SC1=S)[C@@H]1CCS(=O)(=O)C1. The van der Waals surface area contributed by atoms with Crippen LogP contribution in [0.3, 0.4) is 0 Å². The van der Waals surface area contributed by atoms with E-state index in [2.05, 4.69) is 0 Å². The number of nitrogens with zero attached hydrogens (tertiary/aromatic N) is 2. The Morgan fingerprint density at radius 2 is 2.30 bits per heavy atom. The summed E-state index contributed by atoms with van der Waals surface area (Å²) in [5.74, 6) is 0.281. The van der Waals surface area contributed by atoms with Gasteiger partial charge in [0, 0.05) is 31.6 Å². The predicted octanol–water partition coefficient (Wildman–Crippen LogP) is 1.91. The summed E-state index contributed by atoms with van der Waals surface area (Å²) in [5.41, 5.74) is 0. The van der Waals surface area contributed by atoms with E-state index in [9.17, 15) is 18.0 Å². The minimum absolute atomic E-state index is 0.0134. The molecule has 3 heterocycles. The molecule has 1 atom stereocenters. The zero-order valence-corrected chi connectivity index (χ0v) is 17.2. The van der Waals surface area contributed by atoms with Crippen LogP contribution in [0.4, 0.5) is 0 Å². The van der Waals surface area contributed by atoms with Crippen molar-refractivity contribution in [2.45, 2.75) is 25.8 Å². The Kier molecular flexibility index (Phi) is 6.07. The van der Waals surface area contributed by atoms with Gasteiger partial charge in [-0.25, -0.2) is 8.42 Å². The maximum Gasteiger partial charge on any atom is 0.266 e. The highest BCUT2D eigenvalue weighted by molar-refractivity contribution is 8.26. The first kappa shape index (κ1) is 20.1. The van der Waals surface area contributed by atoms with Gasteiger partial charge >= 0.3 is 0 Å². The van der Waals surface area contributed by atoms with Gasteiger partial charge in [-0.05, 0) is 25.5 Å². The van der Waals surface area contributed by atoms with Crippen LogP contribution in [0.2, 0.25) is 0 Å². The number of furan rings is 1. The number of thiocarbonyl (C=S) groups is 1. The molecule has 10 heteroatoms. The molecule has 146 valence electrons. The lowest BCUT2D eigenvalue weighted by Crippen LogP contribution is -2.42. The fraction of sp³-hybridized carbons (Fsp3) is 0.471. The topological polar surface area (TPSA) is 87.9 Å². The van der Waals surface area contributed by atoms with E-state index < -0.39 is 9.84 Å². The highest BCUT2D eigenvalue weighted by atomic mass is 32.2. The summed E-state index contributed by atoms with van der Waals surface area (Å²) in [6, 6.07) is 3.19. The highest BCUT2D eigenvalue weighted by Crippen LogP contribution is 2.32. The number of hydrogen-bond acceptors (Lipinski definition) is 7. The van der Waals surface area contributed by atoms with Crippen LogP contribution in [0.25, 0.3) is 6.08 Å². The zero-order valence-electron chi connectivity index (χ0n) is 14.8. The van der Waals surface area contributed by atoms with Crippen molar-refractivity contribution in [3.63, 3.8) is 0 Å². The summed E-state index contributed by atoms with van der Waals surface area (Å²) in [6.45, 7) is 2.44. The molecule has 0 N–H and O–H groups in total. The second kappa shape index (κ2) is 8.15. The second-order valence-electron chi connectivity index (χ2n) is 6.34. The molecular formula is C17H20N2O5S3. The fourth-order valence-corrected chi connectivity index (χ4v) is 6.23. The third-order valence-electron chi connectivity index (χ3n) is 4.55. The Bertz CT molecular complexity index is 876. The van der Waals surface area contributed by atoms with Gasteiger partial charge in [0.25, 0.3) is 5.91 Å². The molecule has 0 unspecified atom stereocenters. The molecule has 0 radical (unpaired) electrons. The Morgan fingerprint density at radius 1 is 1.52 bits per heavy atom. The monoisotopic (exact) mass is 428 g/mol. The Labute approximate surface area is 167 Å². The average Bonchev–Trinajstić information content (AvgIpc) is 3.29. The molecule has 2 aliphatic rings. The summed E-state index contributed by atoms with van der Waals surface area (Å²) < 4.78 is 29.0. The normalized spacial score (nSPS) is 23.4. The summed E-state index contributed by atoms with van der Waals surface area (Å²) >= 11 is 6.44. The van der Waals surface area contributed by atoms with E-state index >= 15 is 0 Å². The molecule has 1 aromatic rings. The van der Waals surface area contributed by atoms with Crippen LogP contribution >= 0.6 is 24.0 Å². The molecule has 0 bridgehead atoms. The van der Waals surface area contributed by atoms with Crippen molar-refractivity contribution in [2.75, 3.05) is 24.6 Å². The minimum atomic E-state index is -3.06. The van der Waals surface area contributed by atoms with E-state index in [1.807, 2.05) is 6.92 Å². The minimum Gasteiger partial charge on any atom is -0.465 e. The van der Waals surface area contributed by atoms with Gasteiger partial charge in [-0.2, -0.15) is 0 Å². The van der Waals surface area contributed by atoms with Crippen molar-refractivity contribution >= 4 is 56.0 Å². The average molecular weight is 429 g/mol. The van der Waals surface area contributed by atoms with Crippen LogP contribution in [-0.4, -0.2) is 65.0 Å². The molecule has 1 aromatic heterocycles. The molecule has 2 amide bonds. The first-order valence-electron chi connectivity index (χ1n) is 8.59. The van der Waals surface area contributed by atoms with E-state index in [0.717, 1.165) is 0 Å². The lowest BCUT2D eigenvalue weighted by atomic mass is 10.2. The number of rotatable bonds is 6. The molecule has 2 aliphatic heterocycles. The Hall–Kier alpha value is -1.65. The number of thioether (sulfide) groups is 1. The number of carbonyl (C=O) groups is 2. The first-order valence-corrected chi connectivity index (χ1v) is 11.6. The molecule has 0 aliphatic carbocycles. The number of carbonyl (C=O) groups excluding carboxylic acids is 2. The van der Waals surface area contributed by atoms with Crippen LogP contribution in [0.15, 0.2) is 27.7 Å². The van der Waals surface area contributed by atoms with Gasteiger partial charge in [0.2, 0.25) is 5.91 Å². The second-order valence-corrected chi connectivity index (χ2v) is 10.2. The van der Waals surface area contributed by atoms with Crippen molar-refractivity contribution in [3.8, 4) is 0 Å². The molecule has 0 spiro atoms. The summed E-state index contributed by atoms with van der Waals surface area (Å²) in [7, 11) is -3.06. The van der Waals surface area contributed by atoms with Crippen LogP contribution in [-0.2, 0) is 19.4 Å². The van der Waals surface area contributed by atoms with E-state index in [4.69, 9.17) is 16.6 Å². The Morgan fingerprint density at radius 3 is 2.89 bits per heavy atom. The third kappa shape index (κ3) is 4.61. The van der Waals surface area contributed by atoms with Gasteiger partial charge < -0.3 is 9.32 Å². The van der Waals surface area contributed by atoms with Gasteiger partial charge in [-0.1, -0.05) is 24.0 Å². The van der Waals surface area contributed by atoms with E-state index in [-0.39, 0.29) is 42.3 Å². The summed E-state index contributed by atoms with van der Waals surface area (Å²) in [4.78, 5) is 28.6. The van der Waals surface area contributed by atoms with Crippen LogP contribution in [0.5, 0.6) is 0 Å². The first-order chi connectivity index (χ1) is 12.8. The molecule has 3 rings (SSSR count). The standard InChI is InChI=1S/C17H20N2O5S3/c1-2-18(12-6-9-27(22,23)11-12)15(20)5-7-19-16(21)14(26-17(19)25)10-13-4-3-8-24-13/h3-4,8,10,12H,2,5-7,9,11H2,1H3/b14-10-/t12-/m1/s1. The van der Waals surface area contributed by atoms with Crippen LogP contribution < -0.4 is 0 Å². The molecule has 0 aromatic carbocycles. The largest absolute Gasteiger partial charge is 0.465 e. The summed E-state index contributed by atoms with van der Waals surface area (Å²) in [6.07, 6.45) is 3.72. The summed E-state index contributed by atoms with van der Waals surface area (Å²) in [5, 5.41) is 0. The lowest BCUT2D eigenvalue weighted by molar-refractivity contribution is -0.133. The van der Waals surface area contributed by atoms with Gasteiger partial charge in [-0.3, -0.25) is 14.5 Å². The van der Waals surface area contributed by atoms with Crippen molar-refractivity contribution in [3.05, 3.63) is 29.1 Å². The Balaban J connectivity index is 1.61. The van der Waals surface area contributed by atoms with Crippen molar-refractivity contribution < 1.29 is 22.4 Å². The molecule has 0 saturated carbocycles. The van der Waals surface area contributed by atoms with Crippen molar-refractivity contribution in [1.82, 2.24) is 9.80 Å². The van der Waals surface area contributed by atoms with Gasteiger partial charge in [0.05, 0.1) is 22.7 Å². The van der Waals surface area contributed by atoms with E-state index in [1.165, 1.54) is 22.9 Å². The molecular weight excluding hydrogens is 408 g/mol. The quantitative estimate of drug-likeness (QED) is 0.505. The third-order valence-corrected chi connectivity index (χ3v) is 7.68.